The van der Waals surface area contributed by atoms with Crippen molar-refractivity contribution < 1.29 is 14.3 Å². The average molecular weight is 369 g/mol. The summed E-state index contributed by atoms with van der Waals surface area (Å²) < 4.78 is 11.6. The van der Waals surface area contributed by atoms with E-state index in [4.69, 9.17) is 9.47 Å². The third kappa shape index (κ3) is 5.12. The third-order valence-corrected chi connectivity index (χ3v) is 4.57. The van der Waals surface area contributed by atoms with Crippen LogP contribution < -0.4 is 19.7 Å². The number of amides is 1. The van der Waals surface area contributed by atoms with Crippen LogP contribution in [0, 0.1) is 0 Å². The molecular formula is C21H27N3O3. The van der Waals surface area contributed by atoms with E-state index in [0.29, 0.717) is 12.5 Å². The first-order chi connectivity index (χ1) is 13.0. The van der Waals surface area contributed by atoms with Crippen LogP contribution in [0.15, 0.2) is 42.5 Å². The summed E-state index contributed by atoms with van der Waals surface area (Å²) >= 11 is 0. The van der Waals surface area contributed by atoms with E-state index in [-0.39, 0.29) is 18.1 Å². The molecule has 1 saturated heterocycles. The van der Waals surface area contributed by atoms with Crippen LogP contribution in [0.3, 0.4) is 0 Å². The quantitative estimate of drug-likeness (QED) is 0.811. The van der Waals surface area contributed by atoms with Crippen molar-refractivity contribution in [2.75, 3.05) is 24.6 Å². The molecule has 27 heavy (non-hydrogen) atoms. The molecule has 0 bridgehead atoms. The SMILES string of the molecule is CCOc1cccc(N2CC[C@@H](Oc3ccc([C@H](C)NC(C)=O)cc3)C2)n1. The largest absolute Gasteiger partial charge is 0.489 e. The van der Waals surface area contributed by atoms with Crippen LogP contribution in [0.4, 0.5) is 5.82 Å². The zero-order chi connectivity index (χ0) is 19.2. The van der Waals surface area contributed by atoms with Crippen LogP contribution in [0.1, 0.15) is 38.8 Å². The summed E-state index contributed by atoms with van der Waals surface area (Å²) in [6, 6.07) is 13.8. The van der Waals surface area contributed by atoms with Gasteiger partial charge in [-0.15, -0.1) is 0 Å². The van der Waals surface area contributed by atoms with E-state index in [9.17, 15) is 4.79 Å². The van der Waals surface area contributed by atoms with Crippen molar-refractivity contribution in [1.82, 2.24) is 10.3 Å². The lowest BCUT2D eigenvalue weighted by Crippen LogP contribution is -2.25. The standard InChI is InChI=1S/C21H27N3O3/c1-4-26-21-7-5-6-20(23-21)24-13-12-19(14-24)27-18-10-8-17(9-11-18)15(2)22-16(3)25/h5-11,15,19H,4,12-14H2,1-3H3,(H,22,25)/t15-,19+/m0/s1. The number of pyridine rings is 1. The minimum atomic E-state index is -0.0316. The molecule has 0 spiro atoms. The van der Waals surface area contributed by atoms with Crippen molar-refractivity contribution >= 4 is 11.7 Å². The molecule has 2 heterocycles. The second kappa shape index (κ2) is 8.75. The molecule has 2 aromatic rings. The van der Waals surface area contributed by atoms with Gasteiger partial charge in [-0.1, -0.05) is 18.2 Å². The zero-order valence-corrected chi connectivity index (χ0v) is 16.1. The fraction of sp³-hybridized carbons (Fsp3) is 0.429. The lowest BCUT2D eigenvalue weighted by Gasteiger charge is -2.19. The molecule has 0 unspecified atom stereocenters. The van der Waals surface area contributed by atoms with Crippen LogP contribution in [0.2, 0.25) is 0 Å². The molecule has 1 N–H and O–H groups in total. The highest BCUT2D eigenvalue weighted by Gasteiger charge is 2.25. The lowest BCUT2D eigenvalue weighted by atomic mass is 10.1. The van der Waals surface area contributed by atoms with E-state index in [0.717, 1.165) is 36.6 Å². The van der Waals surface area contributed by atoms with Crippen LogP contribution in [-0.2, 0) is 4.79 Å². The second-order valence-corrected chi connectivity index (χ2v) is 6.73. The van der Waals surface area contributed by atoms with Gasteiger partial charge in [0.2, 0.25) is 11.8 Å². The maximum Gasteiger partial charge on any atom is 0.217 e. The van der Waals surface area contributed by atoms with Gasteiger partial charge in [-0.05, 0) is 37.6 Å². The van der Waals surface area contributed by atoms with Crippen molar-refractivity contribution in [2.24, 2.45) is 0 Å². The number of anilines is 1. The topological polar surface area (TPSA) is 63.7 Å². The predicted octanol–water partition coefficient (Wildman–Crippen LogP) is 3.34. The van der Waals surface area contributed by atoms with Gasteiger partial charge in [-0.3, -0.25) is 4.79 Å². The fourth-order valence-corrected chi connectivity index (χ4v) is 3.26. The molecule has 1 amide bonds. The third-order valence-electron chi connectivity index (χ3n) is 4.57. The number of hydrogen-bond donors (Lipinski definition) is 1. The minimum absolute atomic E-state index is 0.0118. The first-order valence-electron chi connectivity index (χ1n) is 9.43. The van der Waals surface area contributed by atoms with E-state index in [1.165, 1.54) is 6.92 Å². The Kier molecular flexibility index (Phi) is 6.16. The number of rotatable bonds is 7. The number of carbonyl (C=O) groups is 1. The van der Waals surface area contributed by atoms with Gasteiger partial charge in [0.15, 0.2) is 0 Å². The van der Waals surface area contributed by atoms with Gasteiger partial charge in [0.25, 0.3) is 0 Å². The Morgan fingerprint density at radius 3 is 2.78 bits per heavy atom. The summed E-state index contributed by atoms with van der Waals surface area (Å²) in [5, 5.41) is 2.89. The minimum Gasteiger partial charge on any atom is -0.489 e. The van der Waals surface area contributed by atoms with Crippen molar-refractivity contribution in [2.45, 2.75) is 39.3 Å². The molecule has 3 rings (SSSR count). The highest BCUT2D eigenvalue weighted by atomic mass is 16.5. The molecule has 2 atom stereocenters. The summed E-state index contributed by atoms with van der Waals surface area (Å²) in [5.41, 5.74) is 1.06. The molecule has 144 valence electrons. The van der Waals surface area contributed by atoms with E-state index in [1.54, 1.807) is 0 Å². The van der Waals surface area contributed by atoms with E-state index < -0.39 is 0 Å². The molecule has 1 aromatic carbocycles. The number of benzene rings is 1. The van der Waals surface area contributed by atoms with E-state index in [1.807, 2.05) is 56.3 Å². The summed E-state index contributed by atoms with van der Waals surface area (Å²) in [6.45, 7) is 7.76. The number of ether oxygens (including phenoxy) is 2. The van der Waals surface area contributed by atoms with Crippen molar-refractivity contribution in [3.63, 3.8) is 0 Å². The van der Waals surface area contributed by atoms with Crippen LogP contribution >= 0.6 is 0 Å². The molecular weight excluding hydrogens is 342 g/mol. The summed E-state index contributed by atoms with van der Waals surface area (Å²) in [5.74, 6) is 2.39. The smallest absolute Gasteiger partial charge is 0.217 e. The molecule has 6 nitrogen and oxygen atoms in total. The lowest BCUT2D eigenvalue weighted by molar-refractivity contribution is -0.119. The van der Waals surface area contributed by atoms with Gasteiger partial charge < -0.3 is 19.7 Å². The number of aromatic nitrogens is 1. The van der Waals surface area contributed by atoms with Gasteiger partial charge in [0.05, 0.1) is 19.2 Å². The average Bonchev–Trinajstić information content (AvgIpc) is 3.11. The molecule has 6 heteroatoms. The summed E-state index contributed by atoms with van der Waals surface area (Å²) in [7, 11) is 0. The van der Waals surface area contributed by atoms with Crippen molar-refractivity contribution in [3.8, 4) is 11.6 Å². The Morgan fingerprint density at radius 1 is 1.30 bits per heavy atom. The second-order valence-electron chi connectivity index (χ2n) is 6.73. The van der Waals surface area contributed by atoms with Gasteiger partial charge >= 0.3 is 0 Å². The van der Waals surface area contributed by atoms with Crippen molar-refractivity contribution in [1.29, 1.82) is 0 Å². The first kappa shape index (κ1) is 19.0. The summed E-state index contributed by atoms with van der Waals surface area (Å²) in [4.78, 5) is 18.0. The molecule has 0 radical (unpaired) electrons. The van der Waals surface area contributed by atoms with Gasteiger partial charge in [0.1, 0.15) is 17.7 Å². The number of carbonyl (C=O) groups excluding carboxylic acids is 1. The Bertz CT molecular complexity index is 764. The Balaban J connectivity index is 1.56. The predicted molar refractivity (Wildman–Crippen MR) is 105 cm³/mol. The number of nitrogens with zero attached hydrogens (tertiary/aromatic N) is 2. The van der Waals surface area contributed by atoms with Crippen molar-refractivity contribution in [3.05, 3.63) is 48.0 Å². The Hall–Kier alpha value is -2.76. The number of nitrogens with one attached hydrogen (secondary N) is 1. The normalized spacial score (nSPS) is 17.4. The highest BCUT2D eigenvalue weighted by Crippen LogP contribution is 2.25. The maximum atomic E-state index is 11.2. The van der Waals surface area contributed by atoms with E-state index in [2.05, 4.69) is 15.2 Å². The maximum absolute atomic E-state index is 11.2. The first-order valence-corrected chi connectivity index (χ1v) is 9.43. The molecule has 1 fully saturated rings. The Labute approximate surface area is 160 Å². The molecule has 1 aromatic heterocycles. The zero-order valence-electron chi connectivity index (χ0n) is 16.1. The molecule has 0 saturated carbocycles. The molecule has 1 aliphatic heterocycles. The van der Waals surface area contributed by atoms with Crippen LogP contribution in [0.5, 0.6) is 11.6 Å². The van der Waals surface area contributed by atoms with Crippen LogP contribution in [0.25, 0.3) is 0 Å². The monoisotopic (exact) mass is 369 g/mol. The van der Waals surface area contributed by atoms with Gasteiger partial charge in [0, 0.05) is 26.0 Å². The number of hydrogen-bond acceptors (Lipinski definition) is 5. The fourth-order valence-electron chi connectivity index (χ4n) is 3.26. The van der Waals surface area contributed by atoms with E-state index >= 15 is 0 Å². The Morgan fingerprint density at radius 2 is 2.07 bits per heavy atom. The van der Waals surface area contributed by atoms with Crippen LogP contribution in [-0.4, -0.2) is 36.7 Å². The molecule has 1 aliphatic rings. The van der Waals surface area contributed by atoms with Gasteiger partial charge in [-0.25, -0.2) is 0 Å². The van der Waals surface area contributed by atoms with Gasteiger partial charge in [-0.2, -0.15) is 4.98 Å². The summed E-state index contributed by atoms with van der Waals surface area (Å²) in [6.07, 6.45) is 1.08. The molecule has 0 aliphatic carbocycles. The highest BCUT2D eigenvalue weighted by molar-refractivity contribution is 5.73.